The number of rotatable bonds is 7. The SMILES string of the molecule is COCCOC(C)C(=O)Nc1ccc(C(=O)O)cc1. The molecule has 0 aliphatic carbocycles. The van der Waals surface area contributed by atoms with Crippen LogP contribution >= 0.6 is 0 Å². The van der Waals surface area contributed by atoms with Gasteiger partial charge in [0.15, 0.2) is 0 Å². The normalized spacial score (nSPS) is 11.9. The molecule has 6 heteroatoms. The molecule has 0 aliphatic heterocycles. The van der Waals surface area contributed by atoms with Gasteiger partial charge < -0.3 is 19.9 Å². The van der Waals surface area contributed by atoms with Gasteiger partial charge >= 0.3 is 5.97 Å². The highest BCUT2D eigenvalue weighted by molar-refractivity contribution is 5.94. The molecule has 1 amide bonds. The fraction of sp³-hybridized carbons (Fsp3) is 0.385. The average molecular weight is 267 g/mol. The summed E-state index contributed by atoms with van der Waals surface area (Å²) in [4.78, 5) is 22.4. The lowest BCUT2D eigenvalue weighted by molar-refractivity contribution is -0.127. The Hall–Kier alpha value is -1.92. The molecule has 1 unspecified atom stereocenters. The van der Waals surface area contributed by atoms with Crippen molar-refractivity contribution in [3.05, 3.63) is 29.8 Å². The van der Waals surface area contributed by atoms with E-state index in [0.29, 0.717) is 18.9 Å². The van der Waals surface area contributed by atoms with Gasteiger partial charge in [-0.15, -0.1) is 0 Å². The van der Waals surface area contributed by atoms with Gasteiger partial charge in [0.05, 0.1) is 18.8 Å². The lowest BCUT2D eigenvalue weighted by Crippen LogP contribution is -2.28. The Bertz CT molecular complexity index is 429. The number of aromatic carboxylic acids is 1. The summed E-state index contributed by atoms with van der Waals surface area (Å²) in [6.45, 7) is 2.39. The van der Waals surface area contributed by atoms with Gasteiger partial charge in [0.1, 0.15) is 6.10 Å². The van der Waals surface area contributed by atoms with E-state index in [9.17, 15) is 9.59 Å². The summed E-state index contributed by atoms with van der Waals surface area (Å²) < 4.78 is 10.1. The van der Waals surface area contributed by atoms with E-state index in [1.165, 1.54) is 24.3 Å². The molecule has 2 N–H and O–H groups in total. The molecule has 0 heterocycles. The number of nitrogens with one attached hydrogen (secondary N) is 1. The summed E-state index contributed by atoms with van der Waals surface area (Å²) in [6.07, 6.45) is -0.602. The second-order valence-electron chi connectivity index (χ2n) is 3.88. The summed E-state index contributed by atoms with van der Waals surface area (Å²) >= 11 is 0. The molecule has 1 aromatic carbocycles. The molecule has 0 fully saturated rings. The molecule has 0 saturated carbocycles. The van der Waals surface area contributed by atoms with Gasteiger partial charge in [0.2, 0.25) is 0 Å². The molecule has 1 aromatic rings. The van der Waals surface area contributed by atoms with Crippen LogP contribution in [0, 0.1) is 0 Å². The van der Waals surface area contributed by atoms with Crippen molar-refractivity contribution in [1.82, 2.24) is 0 Å². The molecule has 1 atom stereocenters. The summed E-state index contributed by atoms with van der Waals surface area (Å²) in [5.41, 5.74) is 0.694. The van der Waals surface area contributed by atoms with Crippen molar-refractivity contribution >= 4 is 17.6 Å². The molecular formula is C13H17NO5. The van der Waals surface area contributed by atoms with Crippen LogP contribution in [0.15, 0.2) is 24.3 Å². The average Bonchev–Trinajstić information content (AvgIpc) is 2.39. The zero-order valence-corrected chi connectivity index (χ0v) is 10.9. The number of anilines is 1. The number of carbonyl (C=O) groups is 2. The molecule has 6 nitrogen and oxygen atoms in total. The second-order valence-corrected chi connectivity index (χ2v) is 3.88. The quantitative estimate of drug-likeness (QED) is 0.729. The zero-order chi connectivity index (χ0) is 14.3. The first-order valence-corrected chi connectivity index (χ1v) is 5.79. The maximum Gasteiger partial charge on any atom is 0.335 e. The van der Waals surface area contributed by atoms with Crippen molar-refractivity contribution in [2.75, 3.05) is 25.6 Å². The van der Waals surface area contributed by atoms with E-state index < -0.39 is 12.1 Å². The second kappa shape index (κ2) is 7.50. The van der Waals surface area contributed by atoms with Crippen molar-refractivity contribution in [3.8, 4) is 0 Å². The van der Waals surface area contributed by atoms with E-state index in [1.54, 1.807) is 14.0 Å². The molecular weight excluding hydrogens is 250 g/mol. The third-order valence-electron chi connectivity index (χ3n) is 2.42. The lowest BCUT2D eigenvalue weighted by atomic mass is 10.2. The van der Waals surface area contributed by atoms with Gasteiger partial charge in [-0.25, -0.2) is 4.79 Å². The van der Waals surface area contributed by atoms with Crippen LogP contribution in [0.2, 0.25) is 0 Å². The van der Waals surface area contributed by atoms with Crippen molar-refractivity contribution in [1.29, 1.82) is 0 Å². The lowest BCUT2D eigenvalue weighted by Gasteiger charge is -2.13. The number of methoxy groups -OCH3 is 1. The van der Waals surface area contributed by atoms with E-state index >= 15 is 0 Å². The van der Waals surface area contributed by atoms with Crippen LogP contribution in [0.3, 0.4) is 0 Å². The molecule has 1 rings (SSSR count). The van der Waals surface area contributed by atoms with E-state index in [-0.39, 0.29) is 11.5 Å². The van der Waals surface area contributed by atoms with Crippen LogP contribution in [-0.2, 0) is 14.3 Å². The number of hydrogen-bond donors (Lipinski definition) is 2. The van der Waals surface area contributed by atoms with Crippen LogP contribution in [0.4, 0.5) is 5.69 Å². The number of ether oxygens (including phenoxy) is 2. The number of carboxylic acid groups (broad SMARTS) is 1. The van der Waals surface area contributed by atoms with E-state index in [2.05, 4.69) is 5.32 Å². The van der Waals surface area contributed by atoms with E-state index in [0.717, 1.165) is 0 Å². The topological polar surface area (TPSA) is 84.9 Å². The standard InChI is InChI=1S/C13H17NO5/c1-9(19-8-7-18-2)12(15)14-11-5-3-10(4-6-11)13(16)17/h3-6,9H,7-8H2,1-2H3,(H,14,15)(H,16,17). The molecule has 0 bridgehead atoms. The third kappa shape index (κ3) is 5.07. The number of amides is 1. The van der Waals surface area contributed by atoms with Gasteiger partial charge in [-0.1, -0.05) is 0 Å². The molecule has 0 saturated heterocycles. The number of carboxylic acids is 1. The highest BCUT2D eigenvalue weighted by Gasteiger charge is 2.13. The predicted octanol–water partition coefficient (Wildman–Crippen LogP) is 1.37. The Labute approximate surface area is 111 Å². The Morgan fingerprint density at radius 3 is 2.42 bits per heavy atom. The first-order chi connectivity index (χ1) is 9.04. The molecule has 19 heavy (non-hydrogen) atoms. The monoisotopic (exact) mass is 267 g/mol. The predicted molar refractivity (Wildman–Crippen MR) is 69.3 cm³/mol. The minimum absolute atomic E-state index is 0.169. The summed E-state index contributed by atoms with van der Waals surface area (Å²) in [6, 6.07) is 5.91. The smallest absolute Gasteiger partial charge is 0.335 e. The van der Waals surface area contributed by atoms with E-state index in [4.69, 9.17) is 14.6 Å². The first-order valence-electron chi connectivity index (χ1n) is 5.79. The first kappa shape index (κ1) is 15.1. The number of carbonyl (C=O) groups excluding carboxylic acids is 1. The highest BCUT2D eigenvalue weighted by atomic mass is 16.5. The zero-order valence-electron chi connectivity index (χ0n) is 10.9. The number of hydrogen-bond acceptors (Lipinski definition) is 4. The van der Waals surface area contributed by atoms with Crippen molar-refractivity contribution in [3.63, 3.8) is 0 Å². The summed E-state index contributed by atoms with van der Waals surface area (Å²) in [7, 11) is 1.55. The third-order valence-corrected chi connectivity index (χ3v) is 2.42. The van der Waals surface area contributed by atoms with Gasteiger partial charge in [0.25, 0.3) is 5.91 Å². The van der Waals surface area contributed by atoms with Gasteiger partial charge in [-0.2, -0.15) is 0 Å². The highest BCUT2D eigenvalue weighted by Crippen LogP contribution is 2.10. The largest absolute Gasteiger partial charge is 0.478 e. The van der Waals surface area contributed by atoms with Gasteiger partial charge in [-0.05, 0) is 31.2 Å². The number of benzene rings is 1. The Morgan fingerprint density at radius 2 is 1.89 bits per heavy atom. The Kier molecular flexibility index (Phi) is 5.98. The maximum absolute atomic E-state index is 11.7. The fourth-order valence-corrected chi connectivity index (χ4v) is 1.32. The van der Waals surface area contributed by atoms with Crippen LogP contribution < -0.4 is 5.32 Å². The Balaban J connectivity index is 2.49. The minimum Gasteiger partial charge on any atom is -0.478 e. The fourth-order valence-electron chi connectivity index (χ4n) is 1.32. The van der Waals surface area contributed by atoms with Crippen LogP contribution in [-0.4, -0.2) is 43.4 Å². The summed E-state index contributed by atoms with van der Waals surface area (Å²) in [5.74, 6) is -1.30. The van der Waals surface area contributed by atoms with E-state index in [1.807, 2.05) is 0 Å². The molecule has 0 aromatic heterocycles. The van der Waals surface area contributed by atoms with Crippen LogP contribution in [0.5, 0.6) is 0 Å². The van der Waals surface area contributed by atoms with Crippen molar-refractivity contribution in [2.45, 2.75) is 13.0 Å². The van der Waals surface area contributed by atoms with Crippen LogP contribution in [0.25, 0.3) is 0 Å². The van der Waals surface area contributed by atoms with Crippen molar-refractivity contribution in [2.24, 2.45) is 0 Å². The van der Waals surface area contributed by atoms with Gasteiger partial charge in [0, 0.05) is 12.8 Å². The Morgan fingerprint density at radius 1 is 1.26 bits per heavy atom. The maximum atomic E-state index is 11.7. The van der Waals surface area contributed by atoms with Crippen molar-refractivity contribution < 1.29 is 24.2 Å². The minimum atomic E-state index is -1.01. The molecule has 0 radical (unpaired) electrons. The summed E-state index contributed by atoms with van der Waals surface area (Å²) in [5, 5.41) is 11.4. The van der Waals surface area contributed by atoms with Gasteiger partial charge in [-0.3, -0.25) is 4.79 Å². The molecule has 0 aliphatic rings. The van der Waals surface area contributed by atoms with Crippen LogP contribution in [0.1, 0.15) is 17.3 Å². The molecule has 104 valence electrons. The molecule has 0 spiro atoms.